The topological polar surface area (TPSA) is 150 Å². The predicted octanol–water partition coefficient (Wildman–Crippen LogP) is 5.16. The highest BCUT2D eigenvalue weighted by atomic mass is 16.5. The number of nitrogens with two attached hydrogens (primary N) is 1. The maximum Gasteiger partial charge on any atom is 0.187 e. The number of Topliss-reactive ketones (excluding diaryl/α,β-unsaturated/α-hetero) is 1. The normalized spacial score (nSPS) is 29.6. The molecule has 0 aromatic heterocycles. The summed E-state index contributed by atoms with van der Waals surface area (Å²) in [5.74, 6) is 10.6. The summed E-state index contributed by atoms with van der Waals surface area (Å²) in [5.41, 5.74) is 13.7. The molecule has 2 aliphatic carbocycles. The van der Waals surface area contributed by atoms with Crippen molar-refractivity contribution in [2.45, 2.75) is 102 Å². The Morgan fingerprint density at radius 1 is 1.09 bits per heavy atom. The quantitative estimate of drug-likeness (QED) is 0.234. The second-order valence-electron chi connectivity index (χ2n) is 16.5. The number of ether oxygens (including phenoxy) is 2. The minimum absolute atomic E-state index is 0.0182. The largest absolute Gasteiger partial charge is 0.465 e. The molecule has 5 aliphatic heterocycles. The van der Waals surface area contributed by atoms with Crippen LogP contribution in [0.25, 0.3) is 0 Å². The minimum Gasteiger partial charge on any atom is -0.465 e. The standard InChI is InChI=1S/C46H48N4O6/c1-27-4-8-34(40(53)20-27)41(54)23-30(51)7-5-28-6-13-42-43(21-28)56-45-37(46(17-19-55-42)15-2-3-16-46)11-12-39(52)32-9-10-33-31(14-18-48-44(33)47)35(32)22-29-24-49-38-26-50(45)25-36(29)38/h4,6,8-10,13,18,21,24,26-27,34,37,39-41,44-45,52-54H,2-3,5,7,14-16,20,22-23,25,47H2,1H3/t27-,34-,37+,39+,40-,41-,44-,45-/m0/s1. The lowest BCUT2D eigenvalue weighted by molar-refractivity contribution is -0.122. The molecule has 288 valence electrons. The molecule has 2 bridgehead atoms. The van der Waals surface area contributed by atoms with Gasteiger partial charge in [0.2, 0.25) is 0 Å². The van der Waals surface area contributed by atoms with Crippen LogP contribution < -0.4 is 15.2 Å². The first-order valence-electron chi connectivity index (χ1n) is 20.1. The first kappa shape index (κ1) is 36.7. The molecule has 1 fully saturated rings. The number of aryl methyl sites for hydroxylation is 1. The van der Waals surface area contributed by atoms with Gasteiger partial charge in [-0.05, 0) is 77.1 Å². The molecule has 0 radical (unpaired) electrons. The highest BCUT2D eigenvalue weighted by Crippen LogP contribution is 2.49. The van der Waals surface area contributed by atoms with Gasteiger partial charge in [-0.25, -0.2) is 0 Å². The van der Waals surface area contributed by atoms with Crippen LogP contribution in [0.5, 0.6) is 11.5 Å². The third-order valence-electron chi connectivity index (χ3n) is 12.8. The van der Waals surface area contributed by atoms with E-state index in [1.54, 1.807) is 0 Å². The molecule has 5 N–H and O–H groups in total. The van der Waals surface area contributed by atoms with Gasteiger partial charge in [-0.1, -0.05) is 67.9 Å². The number of aliphatic hydroxyl groups is 3. The number of carbonyl (C=O) groups is 1. The zero-order chi connectivity index (χ0) is 38.6. The zero-order valence-corrected chi connectivity index (χ0v) is 31.7. The molecular formula is C46H48N4O6. The average Bonchev–Trinajstić information content (AvgIpc) is 3.92. The number of aliphatic imine (C=N–C) groups is 2. The van der Waals surface area contributed by atoms with Crippen molar-refractivity contribution in [3.8, 4) is 35.4 Å². The highest BCUT2D eigenvalue weighted by Gasteiger charge is 2.48. The van der Waals surface area contributed by atoms with E-state index in [9.17, 15) is 20.1 Å². The van der Waals surface area contributed by atoms with Gasteiger partial charge in [0.15, 0.2) is 17.7 Å². The number of hydrogen-bond acceptors (Lipinski definition) is 10. The molecule has 9 rings (SSSR count). The second kappa shape index (κ2) is 14.8. The first-order chi connectivity index (χ1) is 27.2. The summed E-state index contributed by atoms with van der Waals surface area (Å²) in [5, 5.41) is 33.2. The van der Waals surface area contributed by atoms with Crippen molar-refractivity contribution in [2.75, 3.05) is 6.54 Å². The molecular weight excluding hydrogens is 705 g/mol. The van der Waals surface area contributed by atoms with Crippen LogP contribution in [0, 0.1) is 47.0 Å². The van der Waals surface area contributed by atoms with Crippen LogP contribution in [0.15, 0.2) is 75.5 Å². The Morgan fingerprint density at radius 3 is 2.77 bits per heavy atom. The molecule has 7 aliphatic rings. The van der Waals surface area contributed by atoms with Crippen molar-refractivity contribution < 1.29 is 29.6 Å². The second-order valence-corrected chi connectivity index (χ2v) is 16.5. The van der Waals surface area contributed by atoms with Crippen LogP contribution in [-0.2, 0) is 24.1 Å². The van der Waals surface area contributed by atoms with Crippen molar-refractivity contribution >= 4 is 18.2 Å². The number of fused-ring (bicyclic) bond motifs is 8. The number of hydrogen-bond donors (Lipinski definition) is 4. The van der Waals surface area contributed by atoms with Crippen molar-refractivity contribution in [3.05, 3.63) is 93.3 Å². The van der Waals surface area contributed by atoms with Crippen LogP contribution in [0.4, 0.5) is 0 Å². The summed E-state index contributed by atoms with van der Waals surface area (Å²) in [6.07, 6.45) is 15.1. The summed E-state index contributed by atoms with van der Waals surface area (Å²) in [7, 11) is 0. The molecule has 1 spiro atoms. The minimum atomic E-state index is -1.05. The monoisotopic (exact) mass is 752 g/mol. The van der Waals surface area contributed by atoms with Crippen LogP contribution in [0.2, 0.25) is 0 Å². The van der Waals surface area contributed by atoms with E-state index in [4.69, 9.17) is 20.2 Å². The van der Waals surface area contributed by atoms with Gasteiger partial charge in [0.25, 0.3) is 0 Å². The summed E-state index contributed by atoms with van der Waals surface area (Å²) in [6.45, 7) is 2.60. The van der Waals surface area contributed by atoms with E-state index >= 15 is 0 Å². The highest BCUT2D eigenvalue weighted by molar-refractivity contribution is 5.88. The molecule has 2 aromatic rings. The van der Waals surface area contributed by atoms with Gasteiger partial charge in [0.05, 0.1) is 29.2 Å². The number of ketones is 1. The fourth-order valence-electron chi connectivity index (χ4n) is 9.68. The number of allylic oxidation sites excluding steroid dienone is 2. The van der Waals surface area contributed by atoms with Crippen LogP contribution in [0.3, 0.4) is 0 Å². The fraction of sp³-hybridized carbons (Fsp3) is 0.457. The van der Waals surface area contributed by atoms with Gasteiger partial charge in [-0.3, -0.25) is 14.8 Å². The first-order valence-corrected chi connectivity index (χ1v) is 20.1. The molecule has 2 aromatic carbocycles. The van der Waals surface area contributed by atoms with Gasteiger partial charge in [-0.2, -0.15) is 0 Å². The lowest BCUT2D eigenvalue weighted by atomic mass is 9.73. The molecule has 0 amide bonds. The molecule has 5 heterocycles. The van der Waals surface area contributed by atoms with E-state index in [2.05, 4.69) is 40.0 Å². The SMILES string of the molecule is C[C@H]1C=C[C@H]([C@@H](O)CC(=O)CCc2ccc3c(c2)O[C@H]2[C@@H](C#C[C@@H](O)c4ccc5c(c4CC4=C6CN2C=C6N=C4)CC=N[C@@H]5N)C2(C#CO3)CCCC2)[C@@H](O)C1. The zero-order valence-electron chi connectivity index (χ0n) is 31.7. The van der Waals surface area contributed by atoms with E-state index in [1.807, 2.05) is 61.8 Å². The number of aliphatic hydroxyl groups excluding tert-OH is 3. The van der Waals surface area contributed by atoms with Gasteiger partial charge in [0, 0.05) is 62.3 Å². The summed E-state index contributed by atoms with van der Waals surface area (Å²) in [4.78, 5) is 24.6. The maximum absolute atomic E-state index is 13.1. The molecule has 0 saturated heterocycles. The Morgan fingerprint density at radius 2 is 1.93 bits per heavy atom. The maximum atomic E-state index is 13.1. The van der Waals surface area contributed by atoms with Crippen LogP contribution in [-0.4, -0.2) is 63.4 Å². The Labute approximate surface area is 327 Å². The molecule has 8 atom stereocenters. The average molecular weight is 753 g/mol. The summed E-state index contributed by atoms with van der Waals surface area (Å²) < 4.78 is 13.2. The van der Waals surface area contributed by atoms with Gasteiger partial charge < -0.3 is 35.4 Å². The van der Waals surface area contributed by atoms with Crippen molar-refractivity contribution in [3.63, 3.8) is 0 Å². The van der Waals surface area contributed by atoms with E-state index in [-0.39, 0.29) is 24.5 Å². The molecule has 0 unspecified atom stereocenters. The summed E-state index contributed by atoms with van der Waals surface area (Å²) in [6, 6.07) is 9.60. The van der Waals surface area contributed by atoms with Crippen molar-refractivity contribution in [1.82, 2.24) is 4.90 Å². The predicted molar refractivity (Wildman–Crippen MR) is 212 cm³/mol. The fourth-order valence-corrected chi connectivity index (χ4v) is 9.68. The Balaban J connectivity index is 1.05. The Bertz CT molecular complexity index is 2230. The number of rotatable bonds is 6. The van der Waals surface area contributed by atoms with E-state index in [0.717, 1.165) is 70.3 Å². The Kier molecular flexibility index (Phi) is 9.71. The summed E-state index contributed by atoms with van der Waals surface area (Å²) >= 11 is 0. The van der Waals surface area contributed by atoms with E-state index in [0.29, 0.717) is 43.7 Å². The van der Waals surface area contributed by atoms with Crippen molar-refractivity contribution in [1.29, 1.82) is 0 Å². The van der Waals surface area contributed by atoms with Gasteiger partial charge >= 0.3 is 0 Å². The van der Waals surface area contributed by atoms with E-state index in [1.165, 1.54) is 0 Å². The third kappa shape index (κ3) is 6.79. The van der Waals surface area contributed by atoms with Gasteiger partial charge in [-0.15, -0.1) is 0 Å². The molecule has 10 nitrogen and oxygen atoms in total. The number of benzene rings is 2. The molecule has 56 heavy (non-hydrogen) atoms. The van der Waals surface area contributed by atoms with Crippen LogP contribution in [0.1, 0.15) is 92.0 Å². The van der Waals surface area contributed by atoms with Crippen molar-refractivity contribution in [2.24, 2.45) is 38.9 Å². The molecule has 10 heteroatoms. The lowest BCUT2D eigenvalue weighted by Gasteiger charge is -2.39. The third-order valence-corrected chi connectivity index (χ3v) is 12.8. The Hall–Kier alpha value is -4.97. The smallest absolute Gasteiger partial charge is 0.187 e. The van der Waals surface area contributed by atoms with Crippen LogP contribution >= 0.6 is 0 Å². The van der Waals surface area contributed by atoms with Gasteiger partial charge in [0.1, 0.15) is 24.2 Å². The lowest BCUT2D eigenvalue weighted by Crippen LogP contribution is -2.47. The number of nitrogens with zero attached hydrogens (tertiary/aromatic N) is 3. The van der Waals surface area contributed by atoms with E-state index < -0.39 is 48.0 Å². The molecule has 1 saturated carbocycles. The number of carbonyl (C=O) groups excluding carboxylic acids is 1.